The smallest absolute Gasteiger partial charge is 0.226 e. The molecule has 4 bridgehead atoms. The summed E-state index contributed by atoms with van der Waals surface area (Å²) < 4.78 is 8.94. The standard InChI is InChI=1S/C17H21BrN4O/c18-13-8-22-15(20-21-16(22)19)4-14(13)23-9-17-5-10-1-11(6-17)3-12(2-10)7-17/h4,8,10-12H,1-3,5-7,9H2,(H2,19,21). The second-order valence-corrected chi connectivity index (χ2v) is 8.83. The van der Waals surface area contributed by atoms with Gasteiger partial charge in [0.15, 0.2) is 5.65 Å². The first-order valence-electron chi connectivity index (χ1n) is 8.53. The summed E-state index contributed by atoms with van der Waals surface area (Å²) in [5, 5.41) is 7.99. The lowest BCUT2D eigenvalue weighted by Gasteiger charge is -2.56. The number of nitrogens with two attached hydrogens (primary N) is 1. The first-order valence-corrected chi connectivity index (χ1v) is 9.32. The molecule has 0 aliphatic heterocycles. The number of halogens is 1. The number of nitrogens with zero attached hydrogens (tertiary/aromatic N) is 3. The highest BCUT2D eigenvalue weighted by molar-refractivity contribution is 9.10. The molecule has 0 aromatic carbocycles. The number of rotatable bonds is 3. The molecule has 0 amide bonds. The van der Waals surface area contributed by atoms with E-state index in [2.05, 4.69) is 26.1 Å². The Morgan fingerprint density at radius 1 is 1.17 bits per heavy atom. The predicted molar refractivity (Wildman–Crippen MR) is 91.2 cm³/mol. The van der Waals surface area contributed by atoms with Crippen LogP contribution in [0.15, 0.2) is 16.7 Å². The first-order chi connectivity index (χ1) is 11.1. The topological polar surface area (TPSA) is 65.4 Å². The molecule has 23 heavy (non-hydrogen) atoms. The predicted octanol–water partition coefficient (Wildman–Crippen LogP) is 3.67. The van der Waals surface area contributed by atoms with Crippen LogP contribution in [0.25, 0.3) is 5.65 Å². The molecule has 4 aliphatic carbocycles. The molecule has 0 radical (unpaired) electrons. The SMILES string of the molecule is Nc1nnc2cc(OCC34CC5CC(CC(C5)C3)C4)c(Br)cn12. The molecule has 0 spiro atoms. The average Bonchev–Trinajstić information content (AvgIpc) is 2.84. The van der Waals surface area contributed by atoms with Crippen LogP contribution in [0, 0.1) is 23.2 Å². The fourth-order valence-electron chi connectivity index (χ4n) is 5.72. The van der Waals surface area contributed by atoms with E-state index in [1.807, 2.05) is 12.3 Å². The number of hydrogen-bond donors (Lipinski definition) is 1. The van der Waals surface area contributed by atoms with Crippen molar-refractivity contribution in [2.45, 2.75) is 38.5 Å². The van der Waals surface area contributed by atoms with E-state index in [9.17, 15) is 0 Å². The molecule has 122 valence electrons. The highest BCUT2D eigenvalue weighted by Gasteiger charge is 2.51. The molecule has 6 rings (SSSR count). The molecular formula is C17H21BrN4O. The van der Waals surface area contributed by atoms with Gasteiger partial charge in [-0.2, -0.15) is 0 Å². The van der Waals surface area contributed by atoms with Gasteiger partial charge in [-0.1, -0.05) is 0 Å². The minimum Gasteiger partial charge on any atom is -0.492 e. The van der Waals surface area contributed by atoms with Crippen molar-refractivity contribution in [3.05, 3.63) is 16.7 Å². The van der Waals surface area contributed by atoms with Crippen LogP contribution in [-0.4, -0.2) is 21.2 Å². The highest BCUT2D eigenvalue weighted by Crippen LogP contribution is 2.60. The zero-order chi connectivity index (χ0) is 15.6. The lowest BCUT2D eigenvalue weighted by Crippen LogP contribution is -2.48. The van der Waals surface area contributed by atoms with Gasteiger partial charge >= 0.3 is 0 Å². The minimum absolute atomic E-state index is 0.397. The van der Waals surface area contributed by atoms with Gasteiger partial charge in [0, 0.05) is 17.7 Å². The Kier molecular flexibility index (Phi) is 2.97. The second kappa shape index (κ2) is 4.85. The Morgan fingerprint density at radius 3 is 2.48 bits per heavy atom. The number of fused-ring (bicyclic) bond motifs is 1. The van der Waals surface area contributed by atoms with E-state index >= 15 is 0 Å². The van der Waals surface area contributed by atoms with E-state index in [1.165, 1.54) is 38.5 Å². The molecule has 4 saturated carbocycles. The van der Waals surface area contributed by atoms with Crippen LogP contribution in [-0.2, 0) is 0 Å². The lowest BCUT2D eigenvalue weighted by molar-refractivity contribution is -0.0746. The van der Waals surface area contributed by atoms with Gasteiger partial charge < -0.3 is 10.5 Å². The van der Waals surface area contributed by atoms with Crippen molar-refractivity contribution in [3.63, 3.8) is 0 Å². The van der Waals surface area contributed by atoms with Gasteiger partial charge in [0.05, 0.1) is 11.1 Å². The third-order valence-electron chi connectivity index (χ3n) is 6.19. The minimum atomic E-state index is 0.397. The van der Waals surface area contributed by atoms with Gasteiger partial charge in [-0.05, 0) is 72.2 Å². The van der Waals surface area contributed by atoms with Crippen LogP contribution in [0.2, 0.25) is 0 Å². The largest absolute Gasteiger partial charge is 0.492 e. The number of hydrogen-bond acceptors (Lipinski definition) is 4. The van der Waals surface area contributed by atoms with Crippen molar-refractivity contribution >= 4 is 27.5 Å². The monoisotopic (exact) mass is 376 g/mol. The quantitative estimate of drug-likeness (QED) is 0.887. The van der Waals surface area contributed by atoms with E-state index in [-0.39, 0.29) is 0 Å². The first kappa shape index (κ1) is 14.1. The number of ether oxygens (including phenoxy) is 1. The van der Waals surface area contributed by atoms with Crippen LogP contribution >= 0.6 is 15.9 Å². The van der Waals surface area contributed by atoms with Crippen molar-refractivity contribution in [3.8, 4) is 5.75 Å². The van der Waals surface area contributed by atoms with E-state index in [4.69, 9.17) is 10.5 Å². The summed E-state index contributed by atoms with van der Waals surface area (Å²) in [4.78, 5) is 0. The van der Waals surface area contributed by atoms with Gasteiger partial charge in [0.2, 0.25) is 5.95 Å². The molecule has 0 atom stereocenters. The van der Waals surface area contributed by atoms with Crippen molar-refractivity contribution in [2.75, 3.05) is 12.3 Å². The molecule has 5 nitrogen and oxygen atoms in total. The Balaban J connectivity index is 1.39. The lowest BCUT2D eigenvalue weighted by atomic mass is 9.50. The van der Waals surface area contributed by atoms with Crippen molar-refractivity contribution in [1.82, 2.24) is 14.6 Å². The Bertz CT molecular complexity index is 736. The van der Waals surface area contributed by atoms with Crippen molar-refractivity contribution < 1.29 is 4.74 Å². The zero-order valence-electron chi connectivity index (χ0n) is 13.0. The molecule has 2 heterocycles. The van der Waals surface area contributed by atoms with Crippen LogP contribution in [0.1, 0.15) is 38.5 Å². The Hall–Kier alpha value is -1.30. The van der Waals surface area contributed by atoms with Gasteiger partial charge in [-0.15, -0.1) is 10.2 Å². The van der Waals surface area contributed by atoms with E-state index in [1.54, 1.807) is 4.40 Å². The maximum absolute atomic E-state index is 6.27. The summed E-state index contributed by atoms with van der Waals surface area (Å²) in [5.74, 6) is 4.10. The highest BCUT2D eigenvalue weighted by atomic mass is 79.9. The van der Waals surface area contributed by atoms with E-state index in [0.717, 1.165) is 40.2 Å². The Labute approximate surface area is 143 Å². The summed E-state index contributed by atoms with van der Waals surface area (Å²) in [7, 11) is 0. The van der Waals surface area contributed by atoms with E-state index < -0.39 is 0 Å². The summed E-state index contributed by atoms with van der Waals surface area (Å²) >= 11 is 3.59. The zero-order valence-corrected chi connectivity index (χ0v) is 14.6. The van der Waals surface area contributed by atoms with Gasteiger partial charge in [0.1, 0.15) is 5.75 Å². The van der Waals surface area contributed by atoms with Crippen LogP contribution in [0.5, 0.6) is 5.75 Å². The number of aromatic nitrogens is 3. The molecule has 6 heteroatoms. The molecule has 0 unspecified atom stereocenters. The van der Waals surface area contributed by atoms with E-state index in [0.29, 0.717) is 11.4 Å². The van der Waals surface area contributed by atoms with Crippen LogP contribution in [0.4, 0.5) is 5.95 Å². The van der Waals surface area contributed by atoms with Crippen molar-refractivity contribution in [2.24, 2.45) is 23.2 Å². The Morgan fingerprint density at radius 2 is 1.83 bits per heavy atom. The molecule has 2 aromatic rings. The van der Waals surface area contributed by atoms with Gasteiger partial charge in [0.25, 0.3) is 0 Å². The third kappa shape index (κ3) is 2.25. The van der Waals surface area contributed by atoms with Crippen molar-refractivity contribution in [1.29, 1.82) is 0 Å². The second-order valence-electron chi connectivity index (χ2n) is 7.98. The molecule has 2 N–H and O–H groups in total. The van der Waals surface area contributed by atoms with Gasteiger partial charge in [-0.25, -0.2) is 0 Å². The fraction of sp³-hybridized carbons (Fsp3) is 0.647. The molecule has 4 aliphatic rings. The fourth-order valence-corrected chi connectivity index (χ4v) is 6.15. The summed E-state index contributed by atoms with van der Waals surface area (Å²) in [5.41, 5.74) is 6.94. The molecular weight excluding hydrogens is 356 g/mol. The summed E-state index contributed by atoms with van der Waals surface area (Å²) in [6.07, 6.45) is 10.4. The maximum atomic E-state index is 6.27. The van der Waals surface area contributed by atoms with Gasteiger partial charge in [-0.3, -0.25) is 4.40 Å². The molecule has 4 fully saturated rings. The van der Waals surface area contributed by atoms with Crippen LogP contribution < -0.4 is 10.5 Å². The summed E-state index contributed by atoms with van der Waals surface area (Å²) in [6.45, 7) is 0.828. The number of pyridine rings is 1. The molecule has 2 aromatic heterocycles. The maximum Gasteiger partial charge on any atom is 0.226 e. The summed E-state index contributed by atoms with van der Waals surface area (Å²) in [6, 6.07) is 1.92. The van der Waals surface area contributed by atoms with Crippen LogP contribution in [0.3, 0.4) is 0 Å². The average molecular weight is 377 g/mol. The molecule has 0 saturated heterocycles. The third-order valence-corrected chi connectivity index (χ3v) is 6.78. The number of nitrogen functional groups attached to an aromatic ring is 1. The normalized spacial score (nSPS) is 35.1. The number of anilines is 1.